The van der Waals surface area contributed by atoms with Crippen LogP contribution >= 0.6 is 0 Å². The lowest BCUT2D eigenvalue weighted by molar-refractivity contribution is -0.131. The monoisotopic (exact) mass is 1190 g/mol. The summed E-state index contributed by atoms with van der Waals surface area (Å²) < 4.78 is 20.9. The average Bonchev–Trinajstić information content (AvgIpc) is 1.61. The van der Waals surface area contributed by atoms with Gasteiger partial charge in [-0.05, 0) is 142 Å². The second kappa shape index (κ2) is 33.1. The van der Waals surface area contributed by atoms with E-state index in [9.17, 15) is 28.8 Å². The van der Waals surface area contributed by atoms with Crippen LogP contribution in [0.3, 0.4) is 0 Å². The fourth-order valence-corrected chi connectivity index (χ4v) is 7.27. The lowest BCUT2D eigenvalue weighted by atomic mass is 10.0. The molecule has 0 spiro atoms. The third-order valence-corrected chi connectivity index (χ3v) is 11.6. The summed E-state index contributed by atoms with van der Waals surface area (Å²) in [4.78, 5) is 83.6. The van der Waals surface area contributed by atoms with E-state index in [-0.39, 0.29) is 17.6 Å². The number of oxime groups is 2. The van der Waals surface area contributed by atoms with Crippen LogP contribution in [0, 0.1) is 22.7 Å². The molecule has 24 nitrogen and oxygen atoms in total. The normalized spacial score (nSPS) is 14.6. The summed E-state index contributed by atoms with van der Waals surface area (Å²) in [5.74, 6) is 0.211. The number of hydrogen-bond donors (Lipinski definition) is 6. The molecule has 6 rings (SSSR count). The molecule has 6 amide bonds. The molecule has 0 radical (unpaired) electrons. The number of alkyl carbamates (subject to hydrolysis) is 2. The summed E-state index contributed by atoms with van der Waals surface area (Å²) in [5, 5.41) is 35.7. The molecule has 0 aromatic heterocycles. The van der Waals surface area contributed by atoms with Crippen molar-refractivity contribution in [1.29, 1.82) is 10.5 Å². The number of ether oxygens (including phenoxy) is 4. The first-order valence-electron chi connectivity index (χ1n) is 27.6. The molecule has 24 heteroatoms. The van der Waals surface area contributed by atoms with Gasteiger partial charge in [0.25, 0.3) is 0 Å². The van der Waals surface area contributed by atoms with Crippen LogP contribution in [-0.2, 0) is 64.4 Å². The molecule has 464 valence electrons. The average molecular weight is 1190 g/mol. The van der Waals surface area contributed by atoms with E-state index in [1.165, 1.54) is 24.0 Å². The van der Waals surface area contributed by atoms with E-state index in [0.717, 1.165) is 33.4 Å². The predicted molar refractivity (Wildman–Crippen MR) is 323 cm³/mol. The number of amidine groups is 2. The summed E-state index contributed by atoms with van der Waals surface area (Å²) in [6.07, 6.45) is -0.528. The molecule has 2 saturated heterocycles. The molecular formula is C62H84N12O12. The Hall–Kier alpha value is -9.58. The number of nitrogens with two attached hydrogens (primary N) is 2. The highest BCUT2D eigenvalue weighted by molar-refractivity contribution is 5.97. The quantitative estimate of drug-likeness (QED) is 0.0299. The van der Waals surface area contributed by atoms with Gasteiger partial charge < -0.3 is 61.4 Å². The Morgan fingerprint density at radius 1 is 0.465 bits per heavy atom. The summed E-state index contributed by atoms with van der Waals surface area (Å²) >= 11 is 0. The van der Waals surface area contributed by atoms with Crippen molar-refractivity contribution in [2.24, 2.45) is 21.8 Å². The molecule has 2 aliphatic rings. The lowest BCUT2D eigenvalue weighted by Crippen LogP contribution is -2.59. The number of rotatable bonds is 14. The van der Waals surface area contributed by atoms with Crippen LogP contribution in [0.1, 0.15) is 140 Å². The molecule has 2 fully saturated rings. The number of benzene rings is 4. The van der Waals surface area contributed by atoms with E-state index in [2.05, 4.69) is 41.3 Å². The van der Waals surface area contributed by atoms with Gasteiger partial charge in [-0.1, -0.05) is 83.1 Å². The van der Waals surface area contributed by atoms with Crippen LogP contribution in [0.5, 0.6) is 0 Å². The highest BCUT2D eigenvalue weighted by Gasteiger charge is 2.41. The Labute approximate surface area is 504 Å². The maximum atomic E-state index is 12.3. The van der Waals surface area contributed by atoms with Gasteiger partial charge in [-0.15, -0.1) is 0 Å². The minimum Gasteiger partial charge on any atom is -0.444 e. The molecule has 4 aromatic carbocycles. The highest BCUT2D eigenvalue weighted by Crippen LogP contribution is 2.23. The minimum atomic E-state index is -0.580. The van der Waals surface area contributed by atoms with Gasteiger partial charge in [0.05, 0.1) is 23.3 Å². The number of nitrogens with one attached hydrogen (secondary N) is 4. The third-order valence-electron chi connectivity index (χ3n) is 11.6. The Morgan fingerprint density at radius 2 is 0.733 bits per heavy atom. The molecule has 2 heterocycles. The Bertz CT molecular complexity index is 3020. The largest absolute Gasteiger partial charge is 0.444 e. The Kier molecular flexibility index (Phi) is 27.2. The SMILES string of the molecule is CC(C)(C)OC(=O)N1CC[C@H]1C(=O)NCc1ccc(C#N)cc1.CC(C)(C)OC(=O)NCc1ccc(C#N)cc1.CO/N=C(\N)c1ccc(CNC(=O)OC(C)(C)C)cc1.CO/N=C(\N)c1ccc(CNC(=O)[C@@H]2CCN2C(=O)OC(C)(C)C)cc1. The van der Waals surface area contributed by atoms with E-state index >= 15 is 0 Å². The Balaban J connectivity index is 0.000000304. The molecule has 4 aromatic rings. The van der Waals surface area contributed by atoms with Crippen molar-refractivity contribution in [3.05, 3.63) is 142 Å². The third kappa shape index (κ3) is 26.8. The number of likely N-dealkylation sites (tertiary alicyclic amines) is 2. The van der Waals surface area contributed by atoms with Gasteiger partial charge in [0, 0.05) is 50.4 Å². The van der Waals surface area contributed by atoms with Gasteiger partial charge in [0.2, 0.25) is 11.8 Å². The number of nitriles is 2. The zero-order chi connectivity index (χ0) is 64.4. The van der Waals surface area contributed by atoms with Crippen LogP contribution in [0.2, 0.25) is 0 Å². The van der Waals surface area contributed by atoms with E-state index in [1.54, 1.807) is 102 Å². The smallest absolute Gasteiger partial charge is 0.410 e. The topological polar surface area (TPSA) is 337 Å². The zero-order valence-corrected chi connectivity index (χ0v) is 51.8. The molecule has 2 atom stereocenters. The first-order valence-corrected chi connectivity index (χ1v) is 27.6. The standard InChI is InChI=1S/C18H26N4O4.C17H21N3O3.C14H21N3O3.C13H16N2O2/c1-18(2,3)26-17(24)22-10-9-14(22)16(23)20-11-12-5-7-13(8-6-12)15(19)21-25-4;1-17(2,3)23-16(22)20-9-8-14(20)15(21)19-11-13-6-4-12(10-18)5-7-13;1-14(2,3)20-13(18)16-9-10-5-7-11(8-6-10)12(15)17-19-4;1-13(2,3)17-12(16)15-9-11-6-4-10(8-14)5-7-11/h5-8,14H,9-11H2,1-4H3,(H2,19,21)(H,20,23);4-7,14H,8-9,11H2,1-3H3,(H,19,21);5-8H,9H2,1-4H3,(H2,15,17)(H,16,18);4-7H,9H2,1-3H3,(H,15,16)/t2*14-;;/m00../s1. The van der Waals surface area contributed by atoms with Gasteiger partial charge in [-0.25, -0.2) is 19.2 Å². The van der Waals surface area contributed by atoms with E-state index in [4.69, 9.17) is 40.9 Å². The van der Waals surface area contributed by atoms with E-state index < -0.39 is 58.9 Å². The maximum absolute atomic E-state index is 12.3. The summed E-state index contributed by atoms with van der Waals surface area (Å²) in [6.45, 7) is 24.2. The van der Waals surface area contributed by atoms with E-state index in [1.807, 2.05) is 90.1 Å². The van der Waals surface area contributed by atoms with Crippen LogP contribution in [-0.4, -0.2) is 119 Å². The van der Waals surface area contributed by atoms with Crippen LogP contribution in [0.15, 0.2) is 107 Å². The zero-order valence-electron chi connectivity index (χ0n) is 51.8. The molecule has 0 aliphatic carbocycles. The van der Waals surface area contributed by atoms with E-state index in [0.29, 0.717) is 69.1 Å². The van der Waals surface area contributed by atoms with Crippen molar-refractivity contribution in [1.82, 2.24) is 31.1 Å². The van der Waals surface area contributed by atoms with Crippen molar-refractivity contribution >= 4 is 47.9 Å². The Morgan fingerprint density at radius 3 is 0.965 bits per heavy atom. The fourth-order valence-electron chi connectivity index (χ4n) is 7.27. The van der Waals surface area contributed by atoms with Gasteiger partial charge >= 0.3 is 24.4 Å². The minimum absolute atomic E-state index is 0.188. The lowest BCUT2D eigenvalue weighted by Gasteiger charge is -2.40. The van der Waals surface area contributed by atoms with Crippen LogP contribution < -0.4 is 32.7 Å². The summed E-state index contributed by atoms with van der Waals surface area (Å²) in [6, 6.07) is 31.8. The van der Waals surface area contributed by atoms with Crippen LogP contribution in [0.25, 0.3) is 0 Å². The molecule has 0 saturated carbocycles. The van der Waals surface area contributed by atoms with Gasteiger partial charge in [0.15, 0.2) is 11.7 Å². The second-order valence-electron chi connectivity index (χ2n) is 23.4. The van der Waals surface area contributed by atoms with Gasteiger partial charge in [0.1, 0.15) is 48.7 Å². The van der Waals surface area contributed by atoms with Crippen molar-refractivity contribution in [2.45, 2.75) is 157 Å². The summed E-state index contributed by atoms with van der Waals surface area (Å²) in [5.41, 5.74) is 15.6. The molecule has 86 heavy (non-hydrogen) atoms. The molecule has 8 N–H and O–H groups in total. The molecular weight excluding hydrogens is 1100 g/mol. The predicted octanol–water partition coefficient (Wildman–Crippen LogP) is 8.32. The van der Waals surface area contributed by atoms with Gasteiger partial charge in [-0.2, -0.15) is 10.5 Å². The fraction of sp³-hybridized carbons (Fsp3) is 0.452. The van der Waals surface area contributed by atoms with Gasteiger partial charge in [-0.3, -0.25) is 19.4 Å². The van der Waals surface area contributed by atoms with Crippen molar-refractivity contribution in [3.63, 3.8) is 0 Å². The number of carbonyl (C=O) groups is 6. The molecule has 0 unspecified atom stereocenters. The number of amides is 6. The van der Waals surface area contributed by atoms with Crippen LogP contribution in [0.4, 0.5) is 19.2 Å². The number of hydrogen-bond acceptors (Lipinski definition) is 16. The number of nitrogens with zero attached hydrogens (tertiary/aromatic N) is 6. The highest BCUT2D eigenvalue weighted by atomic mass is 16.6. The molecule has 2 aliphatic heterocycles. The van der Waals surface area contributed by atoms with Crippen molar-refractivity contribution < 1.29 is 57.4 Å². The summed E-state index contributed by atoms with van der Waals surface area (Å²) in [7, 11) is 2.86. The second-order valence-corrected chi connectivity index (χ2v) is 23.4. The molecule has 0 bridgehead atoms. The van der Waals surface area contributed by atoms with Crippen molar-refractivity contribution in [2.75, 3.05) is 27.3 Å². The first kappa shape index (κ1) is 70.7. The maximum Gasteiger partial charge on any atom is 0.410 e. The first-order chi connectivity index (χ1) is 40.2. The van der Waals surface area contributed by atoms with Crippen molar-refractivity contribution in [3.8, 4) is 12.1 Å². The number of carbonyl (C=O) groups excluding carboxylic acids is 6.